The number of nitrogens with one attached hydrogen (secondary N) is 2. The van der Waals surface area contributed by atoms with Gasteiger partial charge < -0.3 is 5.73 Å². The SMILES string of the molecule is CCN1C(=O)C2C(=O)C(=O)C(C(=N)SC(=N)Cc3ccc(F)cc3F)=C[N+]2(C)C12CCC(C(=O)N=C(C)N)CC2. The van der Waals surface area contributed by atoms with Crippen LogP contribution in [0.3, 0.4) is 0 Å². The van der Waals surface area contributed by atoms with Crippen LogP contribution < -0.4 is 5.73 Å². The topological polar surface area (TPSA) is 158 Å². The van der Waals surface area contributed by atoms with Crippen molar-refractivity contribution in [3.63, 3.8) is 0 Å². The molecule has 1 spiro atoms. The van der Waals surface area contributed by atoms with Crippen LogP contribution in [0.2, 0.25) is 0 Å². The van der Waals surface area contributed by atoms with Gasteiger partial charge in [-0.05, 0) is 38.3 Å². The van der Waals surface area contributed by atoms with E-state index in [0.717, 1.165) is 6.07 Å². The lowest BCUT2D eigenvalue weighted by Gasteiger charge is -2.51. The summed E-state index contributed by atoms with van der Waals surface area (Å²) < 4.78 is 27.1. The predicted molar refractivity (Wildman–Crippen MR) is 146 cm³/mol. The van der Waals surface area contributed by atoms with Crippen molar-refractivity contribution in [1.29, 1.82) is 10.8 Å². The Morgan fingerprint density at radius 2 is 1.88 bits per heavy atom. The predicted octanol–water partition coefficient (Wildman–Crippen LogP) is 2.70. The fraction of sp³-hybridized carbons (Fsp3) is 0.444. The monoisotopic (exact) mass is 573 g/mol. The molecule has 10 nitrogen and oxygen atoms in total. The number of rotatable bonds is 5. The molecular weight excluding hydrogens is 542 g/mol. The molecule has 2 fully saturated rings. The Morgan fingerprint density at radius 3 is 2.45 bits per heavy atom. The first-order valence-electron chi connectivity index (χ1n) is 12.9. The highest BCUT2D eigenvalue weighted by molar-refractivity contribution is 8.26. The highest BCUT2D eigenvalue weighted by Gasteiger charge is 2.71. The molecule has 3 aliphatic rings. The van der Waals surface area contributed by atoms with Gasteiger partial charge in [-0.1, -0.05) is 17.8 Å². The maximum Gasteiger partial charge on any atom is 0.294 e. The Morgan fingerprint density at radius 1 is 1.23 bits per heavy atom. The van der Waals surface area contributed by atoms with E-state index in [0.29, 0.717) is 43.5 Å². The maximum absolute atomic E-state index is 14.1. The number of ketones is 2. The quantitative estimate of drug-likeness (QED) is 0.162. The van der Waals surface area contributed by atoms with E-state index in [1.807, 2.05) is 0 Å². The van der Waals surface area contributed by atoms with E-state index in [1.165, 1.54) is 19.2 Å². The molecule has 2 aliphatic heterocycles. The summed E-state index contributed by atoms with van der Waals surface area (Å²) in [5.74, 6) is -4.55. The summed E-state index contributed by atoms with van der Waals surface area (Å²) in [6.07, 6.45) is 2.74. The highest BCUT2D eigenvalue weighted by Crippen LogP contribution is 2.51. The zero-order valence-electron chi connectivity index (χ0n) is 22.4. The summed E-state index contributed by atoms with van der Waals surface area (Å²) in [7, 11) is 1.68. The summed E-state index contributed by atoms with van der Waals surface area (Å²) in [5.41, 5.74) is 4.47. The molecule has 2 heterocycles. The van der Waals surface area contributed by atoms with Gasteiger partial charge in [0, 0.05) is 37.8 Å². The fourth-order valence-corrected chi connectivity index (χ4v) is 6.95. The molecule has 2 atom stereocenters. The largest absolute Gasteiger partial charge is 0.387 e. The molecule has 1 saturated carbocycles. The summed E-state index contributed by atoms with van der Waals surface area (Å²) in [4.78, 5) is 58.1. The Balaban J connectivity index is 1.65. The molecule has 13 heteroatoms. The van der Waals surface area contributed by atoms with Crippen LogP contribution in [0.4, 0.5) is 8.78 Å². The van der Waals surface area contributed by atoms with Crippen molar-refractivity contribution in [1.82, 2.24) is 4.90 Å². The van der Waals surface area contributed by atoms with Crippen LogP contribution in [0.5, 0.6) is 0 Å². The third-order valence-electron chi connectivity index (χ3n) is 8.12. The molecule has 1 saturated heterocycles. The fourth-order valence-electron chi connectivity index (χ4n) is 6.22. The molecule has 1 aromatic carbocycles. The lowest BCUT2D eigenvalue weighted by molar-refractivity contribution is -0.921. The van der Waals surface area contributed by atoms with E-state index in [2.05, 4.69) is 4.99 Å². The zero-order chi connectivity index (χ0) is 29.6. The van der Waals surface area contributed by atoms with Crippen LogP contribution in [0.15, 0.2) is 35.0 Å². The molecule has 0 radical (unpaired) electrons. The van der Waals surface area contributed by atoms with Crippen molar-refractivity contribution in [2.24, 2.45) is 16.6 Å². The minimum atomic E-state index is -1.31. The van der Waals surface area contributed by atoms with Gasteiger partial charge >= 0.3 is 0 Å². The van der Waals surface area contributed by atoms with Crippen molar-refractivity contribution in [2.45, 2.75) is 57.7 Å². The number of carbonyl (C=O) groups is 4. The molecule has 1 aliphatic carbocycles. The van der Waals surface area contributed by atoms with E-state index < -0.39 is 46.7 Å². The van der Waals surface area contributed by atoms with Crippen molar-refractivity contribution < 1.29 is 32.4 Å². The number of hydrogen-bond donors (Lipinski definition) is 3. The summed E-state index contributed by atoms with van der Waals surface area (Å²) in [6, 6.07) is 1.66. The first kappa shape index (κ1) is 29.4. The first-order valence-corrected chi connectivity index (χ1v) is 13.7. The van der Waals surface area contributed by atoms with Gasteiger partial charge in [0.25, 0.3) is 11.7 Å². The van der Waals surface area contributed by atoms with Crippen molar-refractivity contribution in [2.75, 3.05) is 13.6 Å². The number of nitrogens with two attached hydrogens (primary N) is 1. The third kappa shape index (κ3) is 4.81. The molecule has 0 bridgehead atoms. The van der Waals surface area contributed by atoms with Gasteiger partial charge in [0.15, 0.2) is 5.66 Å². The van der Waals surface area contributed by atoms with Crippen LogP contribution >= 0.6 is 11.8 Å². The summed E-state index contributed by atoms with van der Waals surface area (Å²) >= 11 is 0.590. The van der Waals surface area contributed by atoms with E-state index in [-0.39, 0.29) is 50.4 Å². The molecule has 40 heavy (non-hydrogen) atoms. The van der Waals surface area contributed by atoms with Gasteiger partial charge in [-0.15, -0.1) is 0 Å². The number of likely N-dealkylation sites (N-methyl/N-ethyl adjacent to an activating group) is 2. The number of fused-ring (bicyclic) bond motifs is 2. The van der Waals surface area contributed by atoms with Gasteiger partial charge in [0.2, 0.25) is 17.7 Å². The second-order valence-electron chi connectivity index (χ2n) is 10.5. The number of aliphatic imine (C=N–C) groups is 1. The zero-order valence-corrected chi connectivity index (χ0v) is 23.2. The van der Waals surface area contributed by atoms with E-state index in [4.69, 9.17) is 16.6 Å². The van der Waals surface area contributed by atoms with E-state index >= 15 is 0 Å². The van der Waals surface area contributed by atoms with Crippen LogP contribution in [0.1, 0.15) is 45.1 Å². The second-order valence-corrected chi connectivity index (χ2v) is 11.6. The maximum atomic E-state index is 14.1. The Labute approximate surface area is 234 Å². The van der Waals surface area contributed by atoms with Gasteiger partial charge in [-0.25, -0.2) is 13.8 Å². The number of Topliss-reactive ketones (excluding diaryl/α,β-unsaturated/α-hetero) is 2. The average molecular weight is 574 g/mol. The lowest BCUT2D eigenvalue weighted by Crippen LogP contribution is -2.67. The van der Waals surface area contributed by atoms with Gasteiger partial charge in [-0.3, -0.25) is 39.4 Å². The van der Waals surface area contributed by atoms with Crippen molar-refractivity contribution in [3.8, 4) is 0 Å². The number of benzene rings is 1. The molecule has 212 valence electrons. The minimum absolute atomic E-state index is 0.0499. The van der Waals surface area contributed by atoms with Crippen molar-refractivity contribution >= 4 is 51.1 Å². The smallest absolute Gasteiger partial charge is 0.294 e. The number of hydrogen-bond acceptors (Lipinski definition) is 7. The molecule has 1 aromatic rings. The highest BCUT2D eigenvalue weighted by atomic mass is 32.2. The molecular formula is C27H31F2N6O4S+. The first-order chi connectivity index (χ1) is 18.8. The Bertz CT molecular complexity index is 1400. The van der Waals surface area contributed by atoms with Crippen LogP contribution in [-0.4, -0.2) is 74.0 Å². The number of amides is 2. The summed E-state index contributed by atoms with van der Waals surface area (Å²) in [5, 5.41) is 16.3. The summed E-state index contributed by atoms with van der Waals surface area (Å²) in [6.45, 7) is 3.60. The number of amidine groups is 1. The molecule has 4 N–H and O–H groups in total. The van der Waals surface area contributed by atoms with Crippen LogP contribution in [0, 0.1) is 28.4 Å². The van der Waals surface area contributed by atoms with E-state index in [9.17, 15) is 28.0 Å². The minimum Gasteiger partial charge on any atom is -0.387 e. The van der Waals surface area contributed by atoms with Gasteiger partial charge in [0.05, 0.1) is 17.9 Å². The number of nitrogens with zero attached hydrogens (tertiary/aromatic N) is 3. The average Bonchev–Trinajstić information content (AvgIpc) is 3.05. The van der Waals surface area contributed by atoms with Gasteiger partial charge in [-0.2, -0.15) is 0 Å². The number of carbonyl (C=O) groups excluding carboxylic acids is 4. The number of halogens is 2. The van der Waals surface area contributed by atoms with Crippen LogP contribution in [0.25, 0.3) is 0 Å². The normalized spacial score (nSPS) is 28.5. The van der Waals surface area contributed by atoms with Crippen molar-refractivity contribution in [3.05, 3.63) is 47.2 Å². The van der Waals surface area contributed by atoms with Crippen LogP contribution in [-0.2, 0) is 25.6 Å². The Kier molecular flexibility index (Phi) is 7.92. The Hall–Kier alpha value is -3.58. The number of quaternary nitrogens is 1. The van der Waals surface area contributed by atoms with E-state index in [1.54, 1.807) is 18.9 Å². The lowest BCUT2D eigenvalue weighted by atomic mass is 9.78. The molecule has 2 unspecified atom stereocenters. The molecule has 0 aromatic heterocycles. The molecule has 2 amide bonds. The standard InChI is InChI=1S/C27H30F2N6O4S/c1-4-34-26(39)21-23(37)22(36)18(24(32)40-20(31)11-16-5-6-17(28)12-19(16)29)13-35(21,3)27(34)9-7-15(8-10-27)25(38)33-14(2)30/h5-6,12-13,15,21,31-32H,4,7-11H2,1-3H3,(H-,30,33,38)/p+1. The second kappa shape index (κ2) is 10.8. The van der Waals surface area contributed by atoms with Gasteiger partial charge in [0.1, 0.15) is 28.5 Å². The molecule has 4 rings (SSSR count). The number of thioether (sulfide) groups is 1. The third-order valence-corrected chi connectivity index (χ3v) is 8.94.